The largest absolute Gasteiger partial charge is 0.491 e. The highest BCUT2D eigenvalue weighted by Crippen LogP contribution is 2.18. The summed E-state index contributed by atoms with van der Waals surface area (Å²) in [5.74, 6) is -0.182. The van der Waals surface area contributed by atoms with Crippen LogP contribution in [0.2, 0.25) is 0 Å². The molecule has 0 spiro atoms. The van der Waals surface area contributed by atoms with Crippen molar-refractivity contribution in [1.29, 1.82) is 0 Å². The van der Waals surface area contributed by atoms with Crippen molar-refractivity contribution in [2.75, 3.05) is 26.3 Å². The lowest BCUT2D eigenvalue weighted by molar-refractivity contribution is -0.00351. The van der Waals surface area contributed by atoms with Crippen molar-refractivity contribution in [2.45, 2.75) is 26.5 Å². The van der Waals surface area contributed by atoms with Gasteiger partial charge >= 0.3 is 6.03 Å². The summed E-state index contributed by atoms with van der Waals surface area (Å²) in [5, 5.41) is 2.79. The predicted octanol–water partition coefficient (Wildman–Crippen LogP) is 2.15. The zero-order chi connectivity index (χ0) is 15.2. The standard InChI is InChI=1S/C15H21FN2O3/c1-3-20-14-5-4-12(8-13(14)16)9-17-15(19)18-6-7-21-11(2)10-18/h4-5,8,11H,3,6-7,9-10H2,1-2H3,(H,17,19)/t11-/m1/s1. The van der Waals surface area contributed by atoms with Crippen LogP contribution in [0, 0.1) is 5.82 Å². The Labute approximate surface area is 124 Å². The Morgan fingerprint density at radius 3 is 3.05 bits per heavy atom. The topological polar surface area (TPSA) is 50.8 Å². The third kappa shape index (κ3) is 4.32. The quantitative estimate of drug-likeness (QED) is 0.926. The summed E-state index contributed by atoms with van der Waals surface area (Å²) in [5.41, 5.74) is 0.700. The van der Waals surface area contributed by atoms with Crippen LogP contribution in [0.4, 0.5) is 9.18 Å². The number of carbonyl (C=O) groups is 1. The van der Waals surface area contributed by atoms with E-state index >= 15 is 0 Å². The van der Waals surface area contributed by atoms with E-state index in [1.165, 1.54) is 6.07 Å². The van der Waals surface area contributed by atoms with Crippen LogP contribution in [0.15, 0.2) is 18.2 Å². The number of nitrogens with one attached hydrogen (secondary N) is 1. The third-order valence-electron chi connectivity index (χ3n) is 3.27. The maximum atomic E-state index is 13.7. The Morgan fingerprint density at radius 1 is 1.57 bits per heavy atom. The SMILES string of the molecule is CCOc1ccc(CNC(=O)N2CCO[C@H](C)C2)cc1F. The van der Waals surface area contributed by atoms with E-state index in [0.717, 1.165) is 0 Å². The molecule has 1 saturated heterocycles. The van der Waals surface area contributed by atoms with Gasteiger partial charge < -0.3 is 19.7 Å². The van der Waals surface area contributed by atoms with Gasteiger partial charge in [-0.2, -0.15) is 0 Å². The molecule has 5 nitrogen and oxygen atoms in total. The number of ether oxygens (including phenoxy) is 2. The van der Waals surface area contributed by atoms with Crippen LogP contribution in [-0.4, -0.2) is 43.3 Å². The summed E-state index contributed by atoms with van der Waals surface area (Å²) in [7, 11) is 0. The molecule has 0 unspecified atom stereocenters. The van der Waals surface area contributed by atoms with Crippen molar-refractivity contribution >= 4 is 6.03 Å². The van der Waals surface area contributed by atoms with Gasteiger partial charge in [-0.1, -0.05) is 6.07 Å². The molecule has 1 aliphatic heterocycles. The van der Waals surface area contributed by atoms with E-state index in [9.17, 15) is 9.18 Å². The first-order chi connectivity index (χ1) is 10.1. The molecule has 116 valence electrons. The van der Waals surface area contributed by atoms with Crippen LogP contribution in [0.1, 0.15) is 19.4 Å². The van der Waals surface area contributed by atoms with Gasteiger partial charge in [0.15, 0.2) is 11.6 Å². The molecule has 1 atom stereocenters. The van der Waals surface area contributed by atoms with Crippen molar-refractivity contribution in [2.24, 2.45) is 0 Å². The molecule has 2 rings (SSSR count). The first-order valence-corrected chi connectivity index (χ1v) is 7.15. The highest BCUT2D eigenvalue weighted by molar-refractivity contribution is 5.74. The van der Waals surface area contributed by atoms with Gasteiger partial charge in [-0.05, 0) is 31.5 Å². The number of morpholine rings is 1. The minimum atomic E-state index is -0.413. The highest BCUT2D eigenvalue weighted by atomic mass is 19.1. The minimum Gasteiger partial charge on any atom is -0.491 e. The van der Waals surface area contributed by atoms with Gasteiger partial charge in [-0.3, -0.25) is 0 Å². The first kappa shape index (κ1) is 15.6. The van der Waals surface area contributed by atoms with Crippen LogP contribution in [0.5, 0.6) is 5.75 Å². The molecule has 0 saturated carbocycles. The van der Waals surface area contributed by atoms with Gasteiger partial charge in [-0.15, -0.1) is 0 Å². The molecule has 2 amide bonds. The molecule has 0 radical (unpaired) electrons. The summed E-state index contributed by atoms with van der Waals surface area (Å²) >= 11 is 0. The molecule has 1 N–H and O–H groups in total. The van der Waals surface area contributed by atoms with E-state index in [4.69, 9.17) is 9.47 Å². The monoisotopic (exact) mass is 296 g/mol. The number of urea groups is 1. The number of hydrogen-bond donors (Lipinski definition) is 1. The Morgan fingerprint density at radius 2 is 2.38 bits per heavy atom. The molecule has 1 aromatic rings. The molecule has 0 bridgehead atoms. The zero-order valence-electron chi connectivity index (χ0n) is 12.4. The number of nitrogens with zero attached hydrogens (tertiary/aromatic N) is 1. The normalized spacial score (nSPS) is 18.4. The molecule has 0 aliphatic carbocycles. The van der Waals surface area contributed by atoms with E-state index in [1.54, 1.807) is 24.0 Å². The number of halogens is 1. The van der Waals surface area contributed by atoms with Gasteiger partial charge in [0.05, 0.1) is 19.3 Å². The maximum Gasteiger partial charge on any atom is 0.317 e. The third-order valence-corrected chi connectivity index (χ3v) is 3.27. The van der Waals surface area contributed by atoms with E-state index in [0.29, 0.717) is 31.9 Å². The second kappa shape index (κ2) is 7.26. The summed E-state index contributed by atoms with van der Waals surface area (Å²) < 4.78 is 24.2. The number of amides is 2. The summed E-state index contributed by atoms with van der Waals surface area (Å²) in [6.07, 6.45) is 0.0485. The van der Waals surface area contributed by atoms with Crippen LogP contribution in [-0.2, 0) is 11.3 Å². The van der Waals surface area contributed by atoms with Gasteiger partial charge in [0.2, 0.25) is 0 Å². The van der Waals surface area contributed by atoms with E-state index in [1.807, 2.05) is 6.92 Å². The molecular weight excluding hydrogens is 275 g/mol. The van der Waals surface area contributed by atoms with Crippen molar-refractivity contribution in [3.05, 3.63) is 29.6 Å². The van der Waals surface area contributed by atoms with Crippen molar-refractivity contribution in [3.63, 3.8) is 0 Å². The average Bonchev–Trinajstić information content (AvgIpc) is 2.47. The molecule has 0 aromatic heterocycles. The number of hydrogen-bond acceptors (Lipinski definition) is 3. The smallest absolute Gasteiger partial charge is 0.317 e. The number of benzene rings is 1. The molecule has 1 aliphatic rings. The minimum absolute atomic E-state index is 0.0485. The summed E-state index contributed by atoms with van der Waals surface area (Å²) in [6, 6.07) is 4.56. The van der Waals surface area contributed by atoms with Gasteiger partial charge in [0, 0.05) is 19.6 Å². The lowest BCUT2D eigenvalue weighted by Gasteiger charge is -2.31. The summed E-state index contributed by atoms with van der Waals surface area (Å²) in [4.78, 5) is 13.7. The van der Waals surface area contributed by atoms with Crippen LogP contribution < -0.4 is 10.1 Å². The van der Waals surface area contributed by atoms with E-state index < -0.39 is 5.82 Å². The van der Waals surface area contributed by atoms with Gasteiger partial charge in [0.1, 0.15) is 0 Å². The van der Waals surface area contributed by atoms with Crippen LogP contribution in [0.25, 0.3) is 0 Å². The lowest BCUT2D eigenvalue weighted by Crippen LogP contribution is -2.48. The Hall–Kier alpha value is -1.82. The van der Waals surface area contributed by atoms with Crippen molar-refractivity contribution in [3.8, 4) is 5.75 Å². The molecule has 1 fully saturated rings. The Balaban J connectivity index is 1.87. The van der Waals surface area contributed by atoms with Crippen LogP contribution in [0.3, 0.4) is 0 Å². The fourth-order valence-electron chi connectivity index (χ4n) is 2.22. The molecule has 21 heavy (non-hydrogen) atoms. The Bertz CT molecular complexity index is 496. The predicted molar refractivity (Wildman–Crippen MR) is 76.8 cm³/mol. The summed E-state index contributed by atoms with van der Waals surface area (Å²) in [6.45, 7) is 6.14. The number of carbonyl (C=O) groups excluding carboxylic acids is 1. The number of rotatable bonds is 4. The molecule has 1 heterocycles. The second-order valence-corrected chi connectivity index (χ2v) is 4.98. The fourth-order valence-corrected chi connectivity index (χ4v) is 2.22. The van der Waals surface area contributed by atoms with E-state index in [2.05, 4.69) is 5.32 Å². The fraction of sp³-hybridized carbons (Fsp3) is 0.533. The van der Waals surface area contributed by atoms with Crippen molar-refractivity contribution < 1.29 is 18.7 Å². The average molecular weight is 296 g/mol. The molecule has 1 aromatic carbocycles. The van der Waals surface area contributed by atoms with E-state index in [-0.39, 0.29) is 24.4 Å². The first-order valence-electron chi connectivity index (χ1n) is 7.15. The molecule has 6 heteroatoms. The molecular formula is C15H21FN2O3. The van der Waals surface area contributed by atoms with Gasteiger partial charge in [0.25, 0.3) is 0 Å². The van der Waals surface area contributed by atoms with Gasteiger partial charge in [-0.25, -0.2) is 9.18 Å². The maximum absolute atomic E-state index is 13.7. The lowest BCUT2D eigenvalue weighted by atomic mass is 10.2. The zero-order valence-corrected chi connectivity index (χ0v) is 12.4. The second-order valence-electron chi connectivity index (χ2n) is 4.98. The Kier molecular flexibility index (Phi) is 5.38. The van der Waals surface area contributed by atoms with Crippen LogP contribution >= 0.6 is 0 Å². The van der Waals surface area contributed by atoms with Crippen molar-refractivity contribution in [1.82, 2.24) is 10.2 Å². The highest BCUT2D eigenvalue weighted by Gasteiger charge is 2.20.